The maximum absolute atomic E-state index is 12.6. The number of nitrogens with zero attached hydrogens (tertiary/aromatic N) is 3. The first kappa shape index (κ1) is 24.5. The Morgan fingerprint density at radius 1 is 1.15 bits per heavy atom. The molecule has 0 spiro atoms. The molecule has 1 atom stereocenters. The maximum atomic E-state index is 12.6. The van der Waals surface area contributed by atoms with Crippen LogP contribution in [0.1, 0.15) is 34.7 Å². The van der Waals surface area contributed by atoms with Gasteiger partial charge in [0, 0.05) is 13.1 Å². The number of nitrogens with one attached hydrogen (secondary N) is 2. The predicted octanol–water partition coefficient (Wildman–Crippen LogP) is 4.06. The molecule has 0 aliphatic carbocycles. The normalized spacial score (nSPS) is 11.6. The van der Waals surface area contributed by atoms with Crippen molar-refractivity contribution in [1.82, 2.24) is 25.4 Å². The van der Waals surface area contributed by atoms with E-state index in [2.05, 4.69) is 27.4 Å². The molecule has 7 nitrogen and oxygen atoms in total. The van der Waals surface area contributed by atoms with Crippen LogP contribution in [0.4, 0.5) is 0 Å². The third-order valence-electron chi connectivity index (χ3n) is 4.82. The highest BCUT2D eigenvalue weighted by molar-refractivity contribution is 7.99. The minimum atomic E-state index is -0.421. The summed E-state index contributed by atoms with van der Waals surface area (Å²) in [7, 11) is 0. The third-order valence-corrected chi connectivity index (χ3v) is 6.12. The van der Waals surface area contributed by atoms with Gasteiger partial charge in [-0.1, -0.05) is 71.9 Å². The fourth-order valence-corrected chi connectivity index (χ4v) is 4.19. The van der Waals surface area contributed by atoms with Gasteiger partial charge < -0.3 is 15.2 Å². The molecule has 3 rings (SSSR count). The average Bonchev–Trinajstić information content (AvgIpc) is 3.21. The lowest BCUT2D eigenvalue weighted by Gasteiger charge is -2.15. The summed E-state index contributed by atoms with van der Waals surface area (Å²) < 4.78 is 1.84. The number of aromatic nitrogens is 3. The van der Waals surface area contributed by atoms with Gasteiger partial charge in [-0.05, 0) is 31.0 Å². The highest BCUT2D eigenvalue weighted by Crippen LogP contribution is 2.22. The summed E-state index contributed by atoms with van der Waals surface area (Å²) in [5.74, 6) is 0.408. The van der Waals surface area contributed by atoms with Gasteiger partial charge in [-0.25, -0.2) is 0 Å². The van der Waals surface area contributed by atoms with Crippen LogP contribution in [0.25, 0.3) is 0 Å². The van der Waals surface area contributed by atoms with Crippen LogP contribution in [0.15, 0.2) is 72.4 Å². The molecule has 0 bridgehead atoms. The topological polar surface area (TPSA) is 88.9 Å². The van der Waals surface area contributed by atoms with Crippen LogP contribution in [-0.2, 0) is 17.8 Å². The van der Waals surface area contributed by atoms with Gasteiger partial charge in [0.15, 0.2) is 11.0 Å². The zero-order valence-corrected chi connectivity index (χ0v) is 19.9. The second-order valence-electron chi connectivity index (χ2n) is 7.29. The van der Waals surface area contributed by atoms with Crippen LogP contribution in [0.3, 0.4) is 0 Å². The Morgan fingerprint density at radius 2 is 1.88 bits per heavy atom. The van der Waals surface area contributed by atoms with E-state index in [0.717, 1.165) is 6.42 Å². The molecular formula is C24H26ClN5O2S. The van der Waals surface area contributed by atoms with Gasteiger partial charge in [0.2, 0.25) is 5.91 Å². The van der Waals surface area contributed by atoms with Gasteiger partial charge in [-0.3, -0.25) is 9.59 Å². The number of thioether (sulfide) groups is 1. The van der Waals surface area contributed by atoms with Crippen molar-refractivity contribution in [1.29, 1.82) is 0 Å². The van der Waals surface area contributed by atoms with Gasteiger partial charge in [-0.15, -0.1) is 16.8 Å². The lowest BCUT2D eigenvalue weighted by Crippen LogP contribution is -2.29. The van der Waals surface area contributed by atoms with Crippen LogP contribution >= 0.6 is 23.4 Å². The lowest BCUT2D eigenvalue weighted by atomic mass is 10.1. The number of hydrogen-bond acceptors (Lipinski definition) is 5. The van der Waals surface area contributed by atoms with Crippen LogP contribution in [0.2, 0.25) is 5.02 Å². The van der Waals surface area contributed by atoms with Crippen LogP contribution in [0, 0.1) is 0 Å². The van der Waals surface area contributed by atoms with Crippen molar-refractivity contribution in [3.8, 4) is 0 Å². The number of rotatable bonds is 11. The minimum absolute atomic E-state index is 0.0781. The Morgan fingerprint density at radius 3 is 2.61 bits per heavy atom. The molecule has 33 heavy (non-hydrogen) atoms. The minimum Gasteiger partial charge on any atom is -0.355 e. The summed E-state index contributed by atoms with van der Waals surface area (Å²) in [6.45, 7) is 6.63. The average molecular weight is 484 g/mol. The van der Waals surface area contributed by atoms with Gasteiger partial charge in [0.25, 0.3) is 5.91 Å². The number of hydrogen-bond donors (Lipinski definition) is 2. The van der Waals surface area contributed by atoms with Crippen LogP contribution in [0.5, 0.6) is 0 Å². The quantitative estimate of drug-likeness (QED) is 0.317. The first-order valence-corrected chi connectivity index (χ1v) is 11.9. The second-order valence-corrected chi connectivity index (χ2v) is 8.64. The summed E-state index contributed by atoms with van der Waals surface area (Å²) in [5, 5.41) is 15.3. The van der Waals surface area contributed by atoms with E-state index < -0.39 is 6.04 Å². The Bertz CT molecular complexity index is 1100. The van der Waals surface area contributed by atoms with Crippen molar-refractivity contribution in [2.45, 2.75) is 31.1 Å². The van der Waals surface area contributed by atoms with Crippen LogP contribution in [-0.4, -0.2) is 38.9 Å². The highest BCUT2D eigenvalue weighted by Gasteiger charge is 2.21. The number of carbonyl (C=O) groups excluding carboxylic acids is 2. The molecule has 0 aliphatic heterocycles. The number of amides is 2. The van der Waals surface area contributed by atoms with E-state index in [0.29, 0.717) is 34.7 Å². The van der Waals surface area contributed by atoms with E-state index in [1.165, 1.54) is 17.3 Å². The summed E-state index contributed by atoms with van der Waals surface area (Å²) in [4.78, 5) is 24.9. The van der Waals surface area contributed by atoms with E-state index in [1.54, 1.807) is 30.3 Å². The first-order valence-electron chi connectivity index (χ1n) is 10.5. The van der Waals surface area contributed by atoms with Crippen molar-refractivity contribution >= 4 is 35.2 Å². The number of allylic oxidation sites excluding steroid dienone is 1. The molecule has 0 fully saturated rings. The molecule has 0 saturated carbocycles. The van der Waals surface area contributed by atoms with E-state index in [1.807, 2.05) is 41.8 Å². The molecule has 2 aromatic carbocycles. The molecule has 9 heteroatoms. The smallest absolute Gasteiger partial charge is 0.253 e. The molecule has 2 amide bonds. The van der Waals surface area contributed by atoms with E-state index in [4.69, 9.17) is 11.6 Å². The first-order chi connectivity index (χ1) is 16.0. The molecule has 0 aliphatic rings. The summed E-state index contributed by atoms with van der Waals surface area (Å²) in [5.41, 5.74) is 1.57. The Hall–Kier alpha value is -3.10. The number of benzene rings is 2. The monoisotopic (exact) mass is 483 g/mol. The molecule has 0 radical (unpaired) electrons. The van der Waals surface area contributed by atoms with Crippen molar-refractivity contribution in [3.63, 3.8) is 0 Å². The van der Waals surface area contributed by atoms with Gasteiger partial charge >= 0.3 is 0 Å². The van der Waals surface area contributed by atoms with Gasteiger partial charge in [0.05, 0.1) is 22.4 Å². The Kier molecular flexibility index (Phi) is 9.09. The maximum Gasteiger partial charge on any atom is 0.253 e. The predicted molar refractivity (Wildman–Crippen MR) is 131 cm³/mol. The summed E-state index contributed by atoms with van der Waals surface area (Å²) in [6.07, 6.45) is 2.50. The SMILES string of the molecule is C=CCn1c(SCC(=O)NCCc2ccccc2)nnc1[C@@H](C)NC(=O)c1ccccc1Cl. The molecular weight excluding hydrogens is 458 g/mol. The summed E-state index contributed by atoms with van der Waals surface area (Å²) in [6, 6.07) is 16.4. The van der Waals surface area contributed by atoms with Gasteiger partial charge in [0.1, 0.15) is 0 Å². The lowest BCUT2D eigenvalue weighted by molar-refractivity contribution is -0.118. The summed E-state index contributed by atoms with van der Waals surface area (Å²) >= 11 is 7.42. The van der Waals surface area contributed by atoms with Crippen molar-refractivity contribution in [2.24, 2.45) is 0 Å². The van der Waals surface area contributed by atoms with Crippen molar-refractivity contribution in [3.05, 3.63) is 89.2 Å². The van der Waals surface area contributed by atoms with Crippen LogP contribution < -0.4 is 10.6 Å². The molecule has 1 heterocycles. The molecule has 0 unspecified atom stereocenters. The van der Waals surface area contributed by atoms with E-state index in [9.17, 15) is 9.59 Å². The van der Waals surface area contributed by atoms with Crippen molar-refractivity contribution < 1.29 is 9.59 Å². The largest absolute Gasteiger partial charge is 0.355 e. The molecule has 0 saturated heterocycles. The zero-order chi connectivity index (χ0) is 23.6. The zero-order valence-electron chi connectivity index (χ0n) is 18.3. The number of carbonyl (C=O) groups is 2. The standard InChI is InChI=1S/C24H26ClN5O2S/c1-3-15-30-22(17(2)27-23(32)19-11-7-8-12-20(19)25)28-29-24(30)33-16-21(31)26-14-13-18-9-5-4-6-10-18/h3-12,17H,1,13-16H2,2H3,(H,26,31)(H,27,32)/t17-/m1/s1. The molecule has 172 valence electrons. The van der Waals surface area contributed by atoms with Gasteiger partial charge in [-0.2, -0.15) is 0 Å². The fourth-order valence-electron chi connectivity index (χ4n) is 3.18. The second kappa shape index (κ2) is 12.2. The number of halogens is 1. The Labute approximate surface area is 202 Å². The Balaban J connectivity index is 1.58. The highest BCUT2D eigenvalue weighted by atomic mass is 35.5. The van der Waals surface area contributed by atoms with Crippen molar-refractivity contribution in [2.75, 3.05) is 12.3 Å². The fraction of sp³-hybridized carbons (Fsp3) is 0.250. The molecule has 1 aromatic heterocycles. The molecule has 2 N–H and O–H groups in total. The molecule has 3 aromatic rings. The van der Waals surface area contributed by atoms with E-state index >= 15 is 0 Å². The third kappa shape index (κ3) is 6.94. The van der Waals surface area contributed by atoms with E-state index in [-0.39, 0.29) is 17.6 Å².